The number of nitrogens with two attached hydrogens (primary N) is 3. The molecule has 0 aliphatic carbocycles. The van der Waals surface area contributed by atoms with Gasteiger partial charge in [-0.25, -0.2) is 43.6 Å². The van der Waals surface area contributed by atoms with Gasteiger partial charge in [0.15, 0.2) is 35.4 Å². The van der Waals surface area contributed by atoms with Gasteiger partial charge in [0.05, 0.1) is 31.9 Å². The summed E-state index contributed by atoms with van der Waals surface area (Å²) in [6, 6.07) is -0.870. The minimum Gasteiger partial charge on any atom is -0.387 e. The molecule has 0 saturated carbocycles. The number of amides is 2. The highest BCUT2D eigenvalue weighted by atomic mass is 32.2. The molecule has 2 saturated heterocycles. The molecule has 2 aliphatic rings. The van der Waals surface area contributed by atoms with Crippen LogP contribution < -0.4 is 27.8 Å². The van der Waals surface area contributed by atoms with Gasteiger partial charge in [-0.3, -0.25) is 37.1 Å². The van der Waals surface area contributed by atoms with E-state index in [2.05, 4.69) is 49.4 Å². The smallest absolute Gasteiger partial charge is 0.387 e. The van der Waals surface area contributed by atoms with E-state index in [9.17, 15) is 68.1 Å². The molecule has 4 aromatic heterocycles. The zero-order valence-electron chi connectivity index (χ0n) is 39.4. The molecular weight excluding hydrogens is 1070 g/mol. The van der Waals surface area contributed by atoms with Crippen molar-refractivity contribution in [2.24, 2.45) is 11.1 Å². The number of thioether (sulfide) groups is 1. The molecule has 16 N–H and O–H groups in total. The summed E-state index contributed by atoms with van der Waals surface area (Å²) >= 11 is 0.895. The lowest BCUT2D eigenvalue weighted by Crippen LogP contribution is -2.46. The fourth-order valence-electron chi connectivity index (χ4n) is 7.43. The lowest BCUT2D eigenvalue weighted by Gasteiger charge is -2.30. The molecular formula is C36H57N14O20P3S. The molecule has 0 radical (unpaired) electrons. The van der Waals surface area contributed by atoms with Crippen LogP contribution in [0.5, 0.6) is 0 Å². The van der Waals surface area contributed by atoms with E-state index in [1.54, 1.807) is 11.9 Å². The topological polar surface area (TPSA) is 512 Å². The fraction of sp³-hybridized carbons (Fsp3) is 0.639. The van der Waals surface area contributed by atoms with Crippen LogP contribution in [0.4, 0.5) is 11.6 Å². The summed E-state index contributed by atoms with van der Waals surface area (Å²) in [6.07, 6.45) is -8.68. The Kier molecular flexibility index (Phi) is 19.4. The quantitative estimate of drug-likeness (QED) is 0.0213. The highest BCUT2D eigenvalue weighted by molar-refractivity contribution is 8.13. The van der Waals surface area contributed by atoms with Crippen LogP contribution in [0.25, 0.3) is 22.3 Å². The van der Waals surface area contributed by atoms with Crippen LogP contribution in [0.3, 0.4) is 0 Å². The fourth-order valence-corrected chi connectivity index (χ4v) is 11.0. The number of imidazole rings is 2. The Morgan fingerprint density at radius 2 is 1.41 bits per heavy atom. The van der Waals surface area contributed by atoms with Crippen molar-refractivity contribution in [2.75, 3.05) is 63.7 Å². The van der Waals surface area contributed by atoms with Crippen LogP contribution in [-0.4, -0.2) is 202 Å². The largest absolute Gasteiger partial charge is 0.481 e. The number of carbonyl (C=O) groups is 3. The number of ether oxygens (including phenoxy) is 2. The van der Waals surface area contributed by atoms with Gasteiger partial charge >= 0.3 is 23.5 Å². The Hall–Kier alpha value is -4.29. The maximum absolute atomic E-state index is 12.8. The standard InChI is InChI=1S/C36H57N14O20P3S/c1-36(2,12-66-73(63,64)70-72(61,62)65-11-19-26(69-71(58,59)60)25(54)34(68-19)50-16-47-22-29(39)43-14-45-31(22)50)27(55)32(56)41-6-4-20(51)40-7-9-74-35(57)17(37)5-8-48(3)10-18-23(52)24(53)33(67-18)49-15-46-21-28(38)42-13-44-30(21)49/h13-19,23-27,33-34,52-55H,4-12,37H2,1-3H3,(H,40,51)(H,41,56)(H,61,62)(H,63,64)(H2,38,42,44)(H2,39,43,45)(H2,58,59,60)/t17-,18+,19?,23+,24+,25?,26?,27?,33+,34?/m0/s1. The number of carbonyl (C=O) groups excluding carboxylic acids is 3. The minimum atomic E-state index is -5.62. The summed E-state index contributed by atoms with van der Waals surface area (Å²) < 4.78 is 69.9. The van der Waals surface area contributed by atoms with Gasteiger partial charge in [-0.2, -0.15) is 4.31 Å². The minimum absolute atomic E-state index is 0.0140. The number of likely N-dealkylation sites (N-methyl/N-ethyl adjacent to an activating group) is 1. The molecule has 2 aliphatic heterocycles. The van der Waals surface area contributed by atoms with Crippen molar-refractivity contribution in [1.82, 2.24) is 54.6 Å². The van der Waals surface area contributed by atoms with Gasteiger partial charge in [-0.05, 0) is 20.0 Å². The number of aromatic nitrogens is 8. The van der Waals surface area contributed by atoms with Gasteiger partial charge in [-0.1, -0.05) is 25.6 Å². The highest BCUT2D eigenvalue weighted by Gasteiger charge is 2.51. The molecule has 38 heteroatoms. The maximum Gasteiger partial charge on any atom is 0.481 e. The Morgan fingerprint density at radius 3 is 2.00 bits per heavy atom. The van der Waals surface area contributed by atoms with E-state index in [0.717, 1.165) is 29.0 Å². The first-order chi connectivity index (χ1) is 34.6. The number of aliphatic hydroxyl groups is 4. The molecule has 6 heterocycles. The highest BCUT2D eigenvalue weighted by Crippen LogP contribution is 2.61. The Morgan fingerprint density at radius 1 is 0.838 bits per heavy atom. The van der Waals surface area contributed by atoms with E-state index >= 15 is 0 Å². The third-order valence-corrected chi connectivity index (χ3v) is 15.5. The number of anilines is 2. The number of nitrogen functional groups attached to an aromatic ring is 2. The molecule has 12 atom stereocenters. The third kappa shape index (κ3) is 15.0. The Bertz CT molecular complexity index is 2770. The molecule has 0 bridgehead atoms. The summed E-state index contributed by atoms with van der Waals surface area (Å²) in [5.74, 6) is -1.30. The van der Waals surface area contributed by atoms with Gasteiger partial charge in [0, 0.05) is 37.2 Å². The summed E-state index contributed by atoms with van der Waals surface area (Å²) in [4.78, 5) is 103. The first-order valence-corrected chi connectivity index (χ1v) is 27.5. The van der Waals surface area contributed by atoms with Crippen molar-refractivity contribution in [1.29, 1.82) is 0 Å². The summed E-state index contributed by atoms with van der Waals surface area (Å²) in [5, 5.41) is 47.6. The van der Waals surface area contributed by atoms with Gasteiger partial charge < -0.3 is 82.2 Å². The molecule has 34 nitrogen and oxygen atoms in total. The zero-order valence-corrected chi connectivity index (χ0v) is 42.9. The molecule has 4 aromatic rings. The molecule has 2 amide bonds. The lowest BCUT2D eigenvalue weighted by molar-refractivity contribution is -0.137. The maximum atomic E-state index is 12.8. The number of fused-ring (bicyclic) bond motifs is 2. The number of phosphoric acid groups is 3. The second-order valence-corrected chi connectivity index (χ2v) is 22.9. The molecule has 0 aromatic carbocycles. The Labute approximate surface area is 423 Å². The first-order valence-electron chi connectivity index (χ1n) is 22.0. The normalized spacial score (nSPS) is 25.0. The number of hydrogen-bond acceptors (Lipinski definition) is 27. The van der Waals surface area contributed by atoms with Crippen molar-refractivity contribution in [3.8, 4) is 0 Å². The Balaban J connectivity index is 0.854. The summed E-state index contributed by atoms with van der Waals surface area (Å²) in [6.45, 7) is 0.668. The molecule has 7 unspecified atom stereocenters. The predicted octanol–water partition coefficient (Wildman–Crippen LogP) is -3.64. The van der Waals surface area contributed by atoms with E-state index in [1.165, 1.54) is 31.1 Å². The predicted molar refractivity (Wildman–Crippen MR) is 253 cm³/mol. The van der Waals surface area contributed by atoms with Crippen LogP contribution in [0.1, 0.15) is 39.1 Å². The van der Waals surface area contributed by atoms with Crippen LogP contribution >= 0.6 is 35.2 Å². The molecule has 0 spiro atoms. The second kappa shape index (κ2) is 24.4. The van der Waals surface area contributed by atoms with Gasteiger partial charge in [0.25, 0.3) is 0 Å². The lowest BCUT2D eigenvalue weighted by atomic mass is 9.87. The molecule has 412 valence electrons. The monoisotopic (exact) mass is 1130 g/mol. The molecule has 74 heavy (non-hydrogen) atoms. The van der Waals surface area contributed by atoms with Crippen LogP contribution in [0.2, 0.25) is 0 Å². The van der Waals surface area contributed by atoms with E-state index in [0.29, 0.717) is 17.7 Å². The van der Waals surface area contributed by atoms with Crippen LogP contribution in [0, 0.1) is 5.41 Å². The number of aliphatic hydroxyl groups excluding tert-OH is 4. The van der Waals surface area contributed by atoms with Gasteiger partial charge in [-0.15, -0.1) is 0 Å². The van der Waals surface area contributed by atoms with Crippen molar-refractivity contribution >= 4 is 86.1 Å². The average molecular weight is 1130 g/mol. The van der Waals surface area contributed by atoms with E-state index in [-0.39, 0.29) is 66.1 Å². The number of phosphoric ester groups is 3. The second-order valence-electron chi connectivity index (χ2n) is 17.5. The zero-order chi connectivity index (χ0) is 54.5. The van der Waals surface area contributed by atoms with E-state index in [1.807, 2.05) is 0 Å². The van der Waals surface area contributed by atoms with E-state index < -0.39 is 115 Å². The number of nitrogens with zero attached hydrogens (tertiary/aromatic N) is 9. The van der Waals surface area contributed by atoms with Gasteiger partial charge in [0.1, 0.15) is 66.4 Å². The molecule has 2 fully saturated rings. The van der Waals surface area contributed by atoms with Crippen molar-refractivity contribution in [2.45, 2.75) is 87.9 Å². The first kappa shape index (κ1) is 59.0. The van der Waals surface area contributed by atoms with Crippen molar-refractivity contribution < 1.29 is 95.4 Å². The number of hydrogen-bond donors (Lipinski definition) is 13. The van der Waals surface area contributed by atoms with Crippen LogP contribution in [0.15, 0.2) is 25.3 Å². The van der Waals surface area contributed by atoms with Crippen molar-refractivity contribution in [3.05, 3.63) is 25.3 Å². The summed E-state index contributed by atoms with van der Waals surface area (Å²) in [7, 11) is -14.8. The number of nitrogens with one attached hydrogen (secondary N) is 2. The van der Waals surface area contributed by atoms with Gasteiger partial charge in [0.2, 0.25) is 16.9 Å². The SMILES string of the molecule is CN(CC[C@H](N)C(=O)SCCNC(=O)CCNC(=O)C(O)C(C)(C)COP(=O)(O)OP(=O)(O)OCC1OC(n2cnc3c(N)ncnc32)C(O)C1OP(=O)(O)O)C[C@H]1O[C@@H](n2cnc3c(N)ncnc32)[C@H](O)[C@@H]1O. The van der Waals surface area contributed by atoms with Crippen molar-refractivity contribution in [3.63, 3.8) is 0 Å². The average Bonchev–Trinajstić information content (AvgIpc) is 4.09. The summed E-state index contributed by atoms with van der Waals surface area (Å²) in [5.41, 5.74) is 16.8. The third-order valence-electron chi connectivity index (χ3n) is 11.4. The number of rotatable bonds is 26. The molecule has 6 rings (SSSR count). The van der Waals surface area contributed by atoms with E-state index in [4.69, 9.17) is 35.7 Å². The van der Waals surface area contributed by atoms with Crippen LogP contribution in [-0.2, 0) is 55.4 Å².